The zero-order valence-corrected chi connectivity index (χ0v) is 13.0. The monoisotopic (exact) mass is 294 g/mol. The van der Waals surface area contributed by atoms with Crippen molar-refractivity contribution in [3.05, 3.63) is 0 Å². The zero-order valence-electron chi connectivity index (χ0n) is 12.2. The van der Waals surface area contributed by atoms with Gasteiger partial charge in [-0.1, -0.05) is 13.3 Å². The molecule has 0 radical (unpaired) electrons. The number of rotatable bonds is 10. The molecule has 6 nitrogen and oxygen atoms in total. The number of nitrogens with zero attached hydrogens (tertiary/aromatic N) is 1. The lowest BCUT2D eigenvalue weighted by molar-refractivity contribution is -0.137. The lowest BCUT2D eigenvalue weighted by Crippen LogP contribution is -2.42. The maximum absolute atomic E-state index is 11.8. The SMILES string of the molecule is CCC(CCNS(=O)(=O)N(C)C(C)C)CCC(=O)O. The van der Waals surface area contributed by atoms with E-state index in [9.17, 15) is 13.2 Å². The van der Waals surface area contributed by atoms with Crippen LogP contribution in [0.15, 0.2) is 0 Å². The quantitative estimate of drug-likeness (QED) is 0.638. The van der Waals surface area contributed by atoms with E-state index in [1.54, 1.807) is 13.8 Å². The minimum atomic E-state index is -3.43. The molecule has 0 aromatic rings. The standard InChI is InChI=1S/C12H26N2O4S/c1-5-11(6-7-12(15)16)8-9-13-19(17,18)14(4)10(2)3/h10-11,13H,5-9H2,1-4H3,(H,15,16). The van der Waals surface area contributed by atoms with Crippen LogP contribution in [-0.2, 0) is 15.0 Å². The summed E-state index contributed by atoms with van der Waals surface area (Å²) in [6.45, 7) is 5.95. The zero-order chi connectivity index (χ0) is 15.1. The predicted octanol–water partition coefficient (Wildman–Crippen LogP) is 1.44. The first-order valence-corrected chi connectivity index (χ1v) is 8.09. The third-order valence-electron chi connectivity index (χ3n) is 3.29. The van der Waals surface area contributed by atoms with Gasteiger partial charge in [-0.3, -0.25) is 4.79 Å². The summed E-state index contributed by atoms with van der Waals surface area (Å²) in [6.07, 6.45) is 2.24. The lowest BCUT2D eigenvalue weighted by atomic mass is 9.97. The molecule has 114 valence electrons. The molecular weight excluding hydrogens is 268 g/mol. The van der Waals surface area contributed by atoms with Crippen molar-refractivity contribution in [1.82, 2.24) is 9.03 Å². The number of carboxylic acids is 1. The number of hydrogen-bond acceptors (Lipinski definition) is 3. The molecular formula is C12H26N2O4S. The molecule has 0 saturated heterocycles. The van der Waals surface area contributed by atoms with Crippen LogP contribution < -0.4 is 4.72 Å². The molecule has 0 aliphatic rings. The average molecular weight is 294 g/mol. The van der Waals surface area contributed by atoms with Gasteiger partial charge in [0.05, 0.1) is 0 Å². The molecule has 1 unspecified atom stereocenters. The molecule has 0 amide bonds. The maximum Gasteiger partial charge on any atom is 0.303 e. The van der Waals surface area contributed by atoms with E-state index < -0.39 is 16.2 Å². The van der Waals surface area contributed by atoms with Gasteiger partial charge in [0.1, 0.15) is 0 Å². The Kier molecular flexibility index (Phi) is 8.20. The molecule has 0 aromatic heterocycles. The average Bonchev–Trinajstić information content (AvgIpc) is 2.31. The Balaban J connectivity index is 4.15. The summed E-state index contributed by atoms with van der Waals surface area (Å²) >= 11 is 0. The van der Waals surface area contributed by atoms with E-state index in [0.29, 0.717) is 19.4 Å². The van der Waals surface area contributed by atoms with Crippen molar-refractivity contribution in [2.75, 3.05) is 13.6 Å². The highest BCUT2D eigenvalue weighted by Gasteiger charge is 2.20. The van der Waals surface area contributed by atoms with Crippen LogP contribution in [0.25, 0.3) is 0 Å². The Bertz CT molecular complexity index is 368. The van der Waals surface area contributed by atoms with Crippen molar-refractivity contribution in [3.8, 4) is 0 Å². The molecule has 7 heteroatoms. The Morgan fingerprint density at radius 3 is 2.32 bits per heavy atom. The molecule has 2 N–H and O–H groups in total. The van der Waals surface area contributed by atoms with E-state index in [1.165, 1.54) is 11.4 Å². The van der Waals surface area contributed by atoms with Crippen LogP contribution >= 0.6 is 0 Å². The van der Waals surface area contributed by atoms with Crippen molar-refractivity contribution < 1.29 is 18.3 Å². The number of hydrogen-bond donors (Lipinski definition) is 2. The van der Waals surface area contributed by atoms with Gasteiger partial charge in [0, 0.05) is 26.1 Å². The fourth-order valence-corrected chi connectivity index (χ4v) is 2.79. The Morgan fingerprint density at radius 2 is 1.89 bits per heavy atom. The van der Waals surface area contributed by atoms with Gasteiger partial charge in [0.2, 0.25) is 0 Å². The van der Waals surface area contributed by atoms with E-state index in [-0.39, 0.29) is 18.4 Å². The highest BCUT2D eigenvalue weighted by molar-refractivity contribution is 7.87. The van der Waals surface area contributed by atoms with Gasteiger partial charge in [-0.15, -0.1) is 0 Å². The van der Waals surface area contributed by atoms with E-state index in [2.05, 4.69) is 4.72 Å². The van der Waals surface area contributed by atoms with Gasteiger partial charge < -0.3 is 5.11 Å². The third kappa shape index (κ3) is 7.49. The second kappa shape index (κ2) is 8.50. The van der Waals surface area contributed by atoms with Crippen LogP contribution in [0.2, 0.25) is 0 Å². The molecule has 0 aliphatic carbocycles. The lowest BCUT2D eigenvalue weighted by Gasteiger charge is -2.22. The molecule has 0 rings (SSSR count). The first kappa shape index (κ1) is 18.3. The molecule has 0 aromatic carbocycles. The van der Waals surface area contributed by atoms with E-state index in [4.69, 9.17) is 5.11 Å². The summed E-state index contributed by atoms with van der Waals surface area (Å²) in [5.41, 5.74) is 0. The van der Waals surface area contributed by atoms with Crippen molar-refractivity contribution in [2.24, 2.45) is 5.92 Å². The molecule has 0 aliphatic heterocycles. The first-order valence-electron chi connectivity index (χ1n) is 6.65. The minimum absolute atomic E-state index is 0.0912. The molecule has 19 heavy (non-hydrogen) atoms. The topological polar surface area (TPSA) is 86.7 Å². The largest absolute Gasteiger partial charge is 0.481 e. The second-order valence-electron chi connectivity index (χ2n) is 5.00. The smallest absolute Gasteiger partial charge is 0.303 e. The highest BCUT2D eigenvalue weighted by atomic mass is 32.2. The van der Waals surface area contributed by atoms with Crippen LogP contribution in [0.4, 0.5) is 0 Å². The van der Waals surface area contributed by atoms with Crippen molar-refractivity contribution >= 4 is 16.2 Å². The Morgan fingerprint density at radius 1 is 1.32 bits per heavy atom. The normalized spacial score (nSPS) is 14.0. The predicted molar refractivity (Wildman–Crippen MR) is 75.1 cm³/mol. The summed E-state index contributed by atoms with van der Waals surface area (Å²) in [6, 6.07) is -0.0912. The van der Waals surface area contributed by atoms with Crippen molar-refractivity contribution in [1.29, 1.82) is 0 Å². The van der Waals surface area contributed by atoms with E-state index >= 15 is 0 Å². The maximum atomic E-state index is 11.8. The number of nitrogens with one attached hydrogen (secondary N) is 1. The molecule has 0 bridgehead atoms. The van der Waals surface area contributed by atoms with Crippen LogP contribution in [0, 0.1) is 5.92 Å². The fraction of sp³-hybridized carbons (Fsp3) is 0.917. The van der Waals surface area contributed by atoms with E-state index in [0.717, 1.165) is 6.42 Å². The molecule has 0 heterocycles. The van der Waals surface area contributed by atoms with Gasteiger partial charge in [0.15, 0.2) is 0 Å². The minimum Gasteiger partial charge on any atom is -0.481 e. The summed E-state index contributed by atoms with van der Waals surface area (Å²) in [4.78, 5) is 10.5. The molecule has 0 saturated carbocycles. The number of carboxylic acid groups (broad SMARTS) is 1. The number of carbonyl (C=O) groups is 1. The fourth-order valence-electron chi connectivity index (χ4n) is 1.65. The molecule has 1 atom stereocenters. The second-order valence-corrected chi connectivity index (χ2v) is 6.82. The Labute approximate surface area is 116 Å². The number of aliphatic carboxylic acids is 1. The third-order valence-corrected chi connectivity index (χ3v) is 5.04. The highest BCUT2D eigenvalue weighted by Crippen LogP contribution is 2.15. The van der Waals surface area contributed by atoms with Gasteiger partial charge >= 0.3 is 5.97 Å². The van der Waals surface area contributed by atoms with Gasteiger partial charge in [-0.25, -0.2) is 4.72 Å². The van der Waals surface area contributed by atoms with Crippen LogP contribution in [0.3, 0.4) is 0 Å². The van der Waals surface area contributed by atoms with Crippen LogP contribution in [0.5, 0.6) is 0 Å². The summed E-state index contributed by atoms with van der Waals surface area (Å²) in [5.74, 6) is -0.568. The Hall–Kier alpha value is -0.660. The summed E-state index contributed by atoms with van der Waals surface area (Å²) in [5, 5.41) is 8.63. The van der Waals surface area contributed by atoms with Crippen LogP contribution in [-0.4, -0.2) is 43.4 Å². The van der Waals surface area contributed by atoms with Gasteiger partial charge in [-0.05, 0) is 32.6 Å². The molecule has 0 fully saturated rings. The van der Waals surface area contributed by atoms with Crippen molar-refractivity contribution in [2.45, 2.75) is 52.5 Å². The van der Waals surface area contributed by atoms with E-state index in [1.807, 2.05) is 6.92 Å². The van der Waals surface area contributed by atoms with Gasteiger partial charge in [-0.2, -0.15) is 12.7 Å². The first-order chi connectivity index (χ1) is 8.70. The van der Waals surface area contributed by atoms with Crippen molar-refractivity contribution in [3.63, 3.8) is 0 Å². The molecule has 0 spiro atoms. The summed E-state index contributed by atoms with van der Waals surface area (Å²) < 4.78 is 27.5. The van der Waals surface area contributed by atoms with Gasteiger partial charge in [0.25, 0.3) is 10.2 Å². The summed E-state index contributed by atoms with van der Waals surface area (Å²) in [7, 11) is -1.89. The van der Waals surface area contributed by atoms with Crippen LogP contribution in [0.1, 0.15) is 46.5 Å².